The second-order valence-corrected chi connectivity index (χ2v) is 5.56. The van der Waals surface area contributed by atoms with Crippen LogP contribution in [0.5, 0.6) is 0 Å². The van der Waals surface area contributed by atoms with E-state index in [9.17, 15) is 0 Å². The second kappa shape index (κ2) is 7.46. The van der Waals surface area contributed by atoms with E-state index in [0.717, 1.165) is 12.8 Å². The summed E-state index contributed by atoms with van der Waals surface area (Å²) < 4.78 is 0. The molecule has 0 amide bonds. The maximum absolute atomic E-state index is 5.77. The molecule has 2 heteroatoms. The van der Waals surface area contributed by atoms with E-state index in [2.05, 4.69) is 42.7 Å². The van der Waals surface area contributed by atoms with Gasteiger partial charge in [-0.05, 0) is 56.6 Å². The lowest BCUT2D eigenvalue weighted by Crippen LogP contribution is -2.37. The van der Waals surface area contributed by atoms with Crippen LogP contribution in [0.25, 0.3) is 0 Å². The third kappa shape index (κ3) is 4.19. The van der Waals surface area contributed by atoms with E-state index in [1.807, 2.05) is 0 Å². The molecule has 0 spiro atoms. The highest BCUT2D eigenvalue weighted by molar-refractivity contribution is 5.26. The largest absolute Gasteiger partial charge is 0.271 e. The molecule has 1 atom stereocenters. The number of allylic oxidation sites excluding steroid dienone is 1. The molecule has 2 rings (SSSR count). The fraction of sp³-hybridized carbons (Fsp3) is 0.529. The highest BCUT2D eigenvalue weighted by atomic mass is 15.2. The van der Waals surface area contributed by atoms with Crippen molar-refractivity contribution in [2.24, 2.45) is 5.84 Å². The summed E-state index contributed by atoms with van der Waals surface area (Å²) in [6, 6.07) is 8.98. The summed E-state index contributed by atoms with van der Waals surface area (Å²) in [6.45, 7) is 2.19. The molecule has 2 nitrogen and oxygen atoms in total. The molecule has 1 aromatic rings. The van der Waals surface area contributed by atoms with Crippen molar-refractivity contribution in [2.45, 2.75) is 57.9 Å². The highest BCUT2D eigenvalue weighted by Crippen LogP contribution is 2.22. The summed E-state index contributed by atoms with van der Waals surface area (Å²) in [5.41, 5.74) is 7.37. The number of nitrogens with two attached hydrogens (primary N) is 1. The third-order valence-corrected chi connectivity index (χ3v) is 4.19. The molecule has 3 N–H and O–H groups in total. The van der Waals surface area contributed by atoms with E-state index in [0.29, 0.717) is 6.04 Å². The van der Waals surface area contributed by atoms with Crippen LogP contribution in [0.1, 0.15) is 49.7 Å². The molecule has 0 radical (unpaired) electrons. The van der Waals surface area contributed by atoms with Gasteiger partial charge in [0, 0.05) is 6.04 Å². The van der Waals surface area contributed by atoms with Crippen LogP contribution in [0, 0.1) is 6.92 Å². The number of hydrazine groups is 1. The predicted octanol–water partition coefficient (Wildman–Crippen LogP) is 3.65. The maximum Gasteiger partial charge on any atom is 0.0422 e. The van der Waals surface area contributed by atoms with E-state index >= 15 is 0 Å². The molecule has 1 aromatic carbocycles. The molecule has 0 aromatic heterocycles. The molecule has 0 saturated carbocycles. The minimum Gasteiger partial charge on any atom is -0.271 e. The molecular weight excluding hydrogens is 232 g/mol. The van der Waals surface area contributed by atoms with Crippen molar-refractivity contribution in [3.05, 3.63) is 47.0 Å². The van der Waals surface area contributed by atoms with E-state index in [-0.39, 0.29) is 0 Å². The predicted molar refractivity (Wildman–Crippen MR) is 81.8 cm³/mol. The van der Waals surface area contributed by atoms with E-state index in [1.54, 1.807) is 0 Å². The first kappa shape index (κ1) is 14.3. The quantitative estimate of drug-likeness (QED) is 0.480. The molecule has 19 heavy (non-hydrogen) atoms. The zero-order chi connectivity index (χ0) is 13.5. The SMILES string of the molecule is Cc1ccccc1CCC(NN)C1=CCCCCC1. The van der Waals surface area contributed by atoms with Crippen LogP contribution in [-0.2, 0) is 6.42 Å². The molecule has 0 aliphatic heterocycles. The Bertz CT molecular complexity index is 423. The van der Waals surface area contributed by atoms with Crippen LogP contribution in [0.2, 0.25) is 0 Å². The summed E-state index contributed by atoms with van der Waals surface area (Å²) >= 11 is 0. The van der Waals surface area contributed by atoms with Crippen molar-refractivity contribution in [1.29, 1.82) is 0 Å². The van der Waals surface area contributed by atoms with Gasteiger partial charge in [-0.2, -0.15) is 0 Å². The fourth-order valence-electron chi connectivity index (χ4n) is 2.92. The minimum atomic E-state index is 0.345. The number of rotatable bonds is 5. The third-order valence-electron chi connectivity index (χ3n) is 4.19. The van der Waals surface area contributed by atoms with Gasteiger partial charge in [-0.25, -0.2) is 0 Å². The zero-order valence-electron chi connectivity index (χ0n) is 12.0. The number of hydrogen-bond donors (Lipinski definition) is 2. The molecule has 0 bridgehead atoms. The Labute approximate surface area is 117 Å². The lowest BCUT2D eigenvalue weighted by atomic mass is 9.95. The van der Waals surface area contributed by atoms with Crippen molar-refractivity contribution >= 4 is 0 Å². The molecular formula is C17H26N2. The first-order valence-corrected chi connectivity index (χ1v) is 7.51. The van der Waals surface area contributed by atoms with Gasteiger partial charge in [0.2, 0.25) is 0 Å². The van der Waals surface area contributed by atoms with E-state index in [1.165, 1.54) is 48.8 Å². The molecule has 1 aliphatic carbocycles. The number of nitrogens with one attached hydrogen (secondary N) is 1. The zero-order valence-corrected chi connectivity index (χ0v) is 12.0. The average molecular weight is 258 g/mol. The summed E-state index contributed by atoms with van der Waals surface area (Å²) in [6.07, 6.45) is 11.0. The van der Waals surface area contributed by atoms with Gasteiger partial charge in [0.25, 0.3) is 0 Å². The van der Waals surface area contributed by atoms with Crippen LogP contribution >= 0.6 is 0 Å². The Hall–Kier alpha value is -1.12. The summed E-state index contributed by atoms with van der Waals surface area (Å²) in [5.74, 6) is 5.77. The second-order valence-electron chi connectivity index (χ2n) is 5.56. The van der Waals surface area contributed by atoms with Crippen LogP contribution in [0.3, 0.4) is 0 Å². The van der Waals surface area contributed by atoms with Crippen LogP contribution in [0.15, 0.2) is 35.9 Å². The fourth-order valence-corrected chi connectivity index (χ4v) is 2.92. The van der Waals surface area contributed by atoms with Gasteiger partial charge in [0.05, 0.1) is 0 Å². The van der Waals surface area contributed by atoms with Gasteiger partial charge < -0.3 is 0 Å². The smallest absolute Gasteiger partial charge is 0.0422 e. The average Bonchev–Trinajstić information content (AvgIpc) is 2.71. The molecule has 1 unspecified atom stereocenters. The molecule has 104 valence electrons. The first-order valence-electron chi connectivity index (χ1n) is 7.51. The number of benzene rings is 1. The molecule has 0 heterocycles. The molecule has 1 aliphatic rings. The summed E-state index contributed by atoms with van der Waals surface area (Å²) in [7, 11) is 0. The van der Waals surface area contributed by atoms with Gasteiger partial charge in [0.15, 0.2) is 0 Å². The monoisotopic (exact) mass is 258 g/mol. The lowest BCUT2D eigenvalue weighted by Gasteiger charge is -2.19. The molecule has 0 fully saturated rings. The van der Waals surface area contributed by atoms with Crippen molar-refractivity contribution < 1.29 is 0 Å². The maximum atomic E-state index is 5.77. The van der Waals surface area contributed by atoms with Crippen molar-refractivity contribution in [2.75, 3.05) is 0 Å². The van der Waals surface area contributed by atoms with Gasteiger partial charge in [0.1, 0.15) is 0 Å². The Morgan fingerprint density at radius 2 is 2.05 bits per heavy atom. The van der Waals surface area contributed by atoms with Crippen molar-refractivity contribution in [3.63, 3.8) is 0 Å². The van der Waals surface area contributed by atoms with Crippen LogP contribution in [-0.4, -0.2) is 6.04 Å². The lowest BCUT2D eigenvalue weighted by molar-refractivity contribution is 0.532. The summed E-state index contributed by atoms with van der Waals surface area (Å²) in [4.78, 5) is 0. The topological polar surface area (TPSA) is 38.0 Å². The number of hydrogen-bond acceptors (Lipinski definition) is 2. The van der Waals surface area contributed by atoms with Gasteiger partial charge in [-0.3, -0.25) is 11.3 Å². The molecule has 0 saturated heterocycles. The van der Waals surface area contributed by atoms with E-state index < -0.39 is 0 Å². The van der Waals surface area contributed by atoms with Crippen molar-refractivity contribution in [1.82, 2.24) is 5.43 Å². The Kier molecular flexibility index (Phi) is 5.62. The highest BCUT2D eigenvalue weighted by Gasteiger charge is 2.14. The van der Waals surface area contributed by atoms with Crippen LogP contribution < -0.4 is 11.3 Å². The first-order chi connectivity index (χ1) is 9.31. The van der Waals surface area contributed by atoms with Gasteiger partial charge in [-0.1, -0.05) is 42.3 Å². The Morgan fingerprint density at radius 3 is 2.84 bits per heavy atom. The summed E-state index contributed by atoms with van der Waals surface area (Å²) in [5, 5.41) is 0. The Morgan fingerprint density at radius 1 is 1.21 bits per heavy atom. The number of aryl methyl sites for hydroxylation is 2. The minimum absolute atomic E-state index is 0.345. The normalized spacial score (nSPS) is 17.7. The van der Waals surface area contributed by atoms with Gasteiger partial charge >= 0.3 is 0 Å². The van der Waals surface area contributed by atoms with Gasteiger partial charge in [-0.15, -0.1) is 0 Å². The standard InChI is InChI=1S/C17H26N2/c1-14-8-6-7-9-15(14)12-13-17(19-18)16-10-4-2-3-5-11-16/h6-10,17,19H,2-5,11-13,18H2,1H3. The van der Waals surface area contributed by atoms with Crippen molar-refractivity contribution in [3.8, 4) is 0 Å². The van der Waals surface area contributed by atoms with Crippen LogP contribution in [0.4, 0.5) is 0 Å². The van der Waals surface area contributed by atoms with E-state index in [4.69, 9.17) is 5.84 Å². The Balaban J connectivity index is 1.95.